The second kappa shape index (κ2) is 9.85. The van der Waals surface area contributed by atoms with Crippen LogP contribution in [0.4, 0.5) is 19.0 Å². The van der Waals surface area contributed by atoms with Crippen LogP contribution in [-0.2, 0) is 12.7 Å². The number of alkyl halides is 3. The van der Waals surface area contributed by atoms with Gasteiger partial charge in [-0.1, -0.05) is 36.4 Å². The molecule has 8 heteroatoms. The first kappa shape index (κ1) is 23.8. The minimum Gasteiger partial charge on any atom is -0.370 e. The van der Waals surface area contributed by atoms with Crippen LogP contribution >= 0.6 is 0 Å². The maximum absolute atomic E-state index is 12.7. The van der Waals surface area contributed by atoms with E-state index in [0.717, 1.165) is 71.1 Å². The monoisotopic (exact) mass is 467 g/mol. The largest absolute Gasteiger partial charge is 0.416 e. The highest BCUT2D eigenvalue weighted by molar-refractivity contribution is 5.70. The van der Waals surface area contributed by atoms with Gasteiger partial charge in [0.25, 0.3) is 0 Å². The fraction of sp³-hybridized carbons (Fsp3) is 0.308. The van der Waals surface area contributed by atoms with Gasteiger partial charge >= 0.3 is 6.18 Å². The number of fused-ring (bicyclic) bond motifs is 1. The minimum absolute atomic E-state index is 0.591. The molecular formula is C26H28F3N5. The highest BCUT2D eigenvalue weighted by atomic mass is 19.4. The van der Waals surface area contributed by atoms with E-state index in [0.29, 0.717) is 6.54 Å². The topological polar surface area (TPSA) is 45.5 Å². The molecule has 4 rings (SSSR count). The highest BCUT2D eigenvalue weighted by Crippen LogP contribution is 2.29. The molecule has 2 aromatic carbocycles. The number of anilines is 1. The Bertz CT molecular complexity index is 1260. The third-order valence-corrected chi connectivity index (χ3v) is 5.83. The molecular weight excluding hydrogens is 439 g/mol. The van der Waals surface area contributed by atoms with Gasteiger partial charge in [0.1, 0.15) is 5.82 Å². The third kappa shape index (κ3) is 5.39. The molecule has 0 spiro atoms. The fourth-order valence-electron chi connectivity index (χ4n) is 3.95. The lowest BCUT2D eigenvalue weighted by Gasteiger charge is -2.18. The zero-order valence-corrected chi connectivity index (χ0v) is 19.5. The zero-order chi connectivity index (χ0) is 24.3. The van der Waals surface area contributed by atoms with Gasteiger partial charge in [0.05, 0.1) is 17.5 Å². The number of rotatable bonds is 8. The quantitative estimate of drug-likeness (QED) is 0.325. The Kier molecular flexibility index (Phi) is 6.88. The van der Waals surface area contributed by atoms with Crippen LogP contribution in [0.2, 0.25) is 0 Å². The van der Waals surface area contributed by atoms with Crippen molar-refractivity contribution in [3.63, 3.8) is 0 Å². The van der Waals surface area contributed by atoms with E-state index in [1.807, 2.05) is 42.9 Å². The van der Waals surface area contributed by atoms with Gasteiger partial charge in [-0.15, -0.1) is 0 Å². The molecule has 0 amide bonds. The van der Waals surface area contributed by atoms with Gasteiger partial charge in [-0.25, -0.2) is 4.98 Å². The van der Waals surface area contributed by atoms with Crippen LogP contribution in [0.1, 0.15) is 28.7 Å². The number of aryl methyl sites for hydroxylation is 2. The number of nitrogens with one attached hydrogen (secondary N) is 1. The lowest BCUT2D eigenvalue weighted by atomic mass is 10.1. The Hall–Kier alpha value is -3.39. The molecule has 0 saturated heterocycles. The number of hydrogen-bond acceptors (Lipinski definition) is 4. The fourth-order valence-corrected chi connectivity index (χ4v) is 3.95. The maximum Gasteiger partial charge on any atom is 0.416 e. The molecule has 0 saturated carbocycles. The summed E-state index contributed by atoms with van der Waals surface area (Å²) < 4.78 is 40.0. The van der Waals surface area contributed by atoms with Crippen molar-refractivity contribution in [3.05, 3.63) is 83.0 Å². The lowest BCUT2D eigenvalue weighted by molar-refractivity contribution is -0.137. The van der Waals surface area contributed by atoms with Crippen molar-refractivity contribution in [2.75, 3.05) is 25.5 Å². The van der Waals surface area contributed by atoms with Gasteiger partial charge < -0.3 is 10.2 Å². The molecule has 0 fully saturated rings. The minimum atomic E-state index is -4.30. The number of halogens is 3. The standard InChI is InChI=1S/C26H28F3N5/c1-18-7-4-5-8-22(18)23-15-24(34-25(32-23)19(2)16-31-34)30-13-6-14-33(3)17-20-9-11-21(12-10-20)26(27,28)29/h4-5,7-12,15-16,30H,6,13-14,17H2,1-3H3. The molecule has 2 heterocycles. The van der Waals surface area contributed by atoms with E-state index >= 15 is 0 Å². The van der Waals surface area contributed by atoms with Gasteiger partial charge in [-0.2, -0.15) is 22.8 Å². The van der Waals surface area contributed by atoms with Crippen molar-refractivity contribution in [2.45, 2.75) is 33.0 Å². The number of hydrogen-bond donors (Lipinski definition) is 1. The first-order chi connectivity index (χ1) is 16.2. The van der Waals surface area contributed by atoms with Gasteiger partial charge in [0.2, 0.25) is 0 Å². The van der Waals surface area contributed by atoms with Crippen LogP contribution < -0.4 is 5.32 Å². The van der Waals surface area contributed by atoms with Crippen molar-refractivity contribution in [1.29, 1.82) is 0 Å². The van der Waals surface area contributed by atoms with E-state index in [-0.39, 0.29) is 0 Å². The summed E-state index contributed by atoms with van der Waals surface area (Å²) in [6.45, 7) is 6.18. The van der Waals surface area contributed by atoms with Crippen LogP contribution in [0.15, 0.2) is 60.8 Å². The molecule has 5 nitrogen and oxygen atoms in total. The van der Waals surface area contributed by atoms with E-state index in [1.165, 1.54) is 0 Å². The lowest BCUT2D eigenvalue weighted by Crippen LogP contribution is -2.21. The van der Waals surface area contributed by atoms with E-state index in [9.17, 15) is 13.2 Å². The zero-order valence-electron chi connectivity index (χ0n) is 19.5. The Labute approximate surface area is 197 Å². The number of aromatic nitrogens is 3. The molecule has 0 atom stereocenters. The molecule has 34 heavy (non-hydrogen) atoms. The molecule has 0 aliphatic rings. The SMILES string of the molecule is Cc1ccccc1-c1cc(NCCCN(C)Cc2ccc(C(F)(F)F)cc2)n2ncc(C)c2n1. The predicted molar refractivity (Wildman–Crippen MR) is 129 cm³/mol. The molecule has 0 unspecified atom stereocenters. The molecule has 0 radical (unpaired) electrons. The molecule has 2 aromatic heterocycles. The molecule has 0 aliphatic heterocycles. The predicted octanol–water partition coefficient (Wildman–Crippen LogP) is 5.97. The highest BCUT2D eigenvalue weighted by Gasteiger charge is 2.29. The van der Waals surface area contributed by atoms with Crippen molar-refractivity contribution in [3.8, 4) is 11.3 Å². The summed E-state index contributed by atoms with van der Waals surface area (Å²) in [5.41, 5.74) is 5.21. The molecule has 0 bridgehead atoms. The molecule has 4 aromatic rings. The Balaban J connectivity index is 1.38. The van der Waals surface area contributed by atoms with Crippen molar-refractivity contribution in [2.24, 2.45) is 0 Å². The van der Waals surface area contributed by atoms with E-state index in [2.05, 4.69) is 34.4 Å². The number of benzene rings is 2. The van der Waals surface area contributed by atoms with Crippen molar-refractivity contribution in [1.82, 2.24) is 19.5 Å². The Morgan fingerprint density at radius 2 is 1.74 bits per heavy atom. The summed E-state index contributed by atoms with van der Waals surface area (Å²) in [7, 11) is 1.97. The van der Waals surface area contributed by atoms with Crippen LogP contribution in [-0.4, -0.2) is 39.6 Å². The van der Waals surface area contributed by atoms with E-state index in [4.69, 9.17) is 4.98 Å². The summed E-state index contributed by atoms with van der Waals surface area (Å²) in [4.78, 5) is 6.93. The second-order valence-corrected chi connectivity index (χ2v) is 8.62. The normalized spacial score (nSPS) is 12.0. The second-order valence-electron chi connectivity index (χ2n) is 8.62. The summed E-state index contributed by atoms with van der Waals surface area (Å²) in [5.74, 6) is 0.877. The van der Waals surface area contributed by atoms with Crippen molar-refractivity contribution >= 4 is 11.5 Å². The van der Waals surface area contributed by atoms with Crippen LogP contribution in [0, 0.1) is 13.8 Å². The molecule has 178 valence electrons. The average molecular weight is 468 g/mol. The van der Waals surface area contributed by atoms with Crippen LogP contribution in [0.25, 0.3) is 16.9 Å². The van der Waals surface area contributed by atoms with Gasteiger partial charge in [0.15, 0.2) is 5.65 Å². The summed E-state index contributed by atoms with van der Waals surface area (Å²) in [5, 5.41) is 7.95. The first-order valence-electron chi connectivity index (χ1n) is 11.2. The average Bonchev–Trinajstić information content (AvgIpc) is 3.17. The van der Waals surface area contributed by atoms with E-state index < -0.39 is 11.7 Å². The van der Waals surface area contributed by atoms with Crippen LogP contribution in [0.5, 0.6) is 0 Å². The van der Waals surface area contributed by atoms with Gasteiger partial charge in [0, 0.05) is 30.3 Å². The van der Waals surface area contributed by atoms with Crippen LogP contribution in [0.3, 0.4) is 0 Å². The summed E-state index contributed by atoms with van der Waals surface area (Å²) >= 11 is 0. The van der Waals surface area contributed by atoms with Crippen molar-refractivity contribution < 1.29 is 13.2 Å². The molecule has 0 aliphatic carbocycles. The number of nitrogens with zero attached hydrogens (tertiary/aromatic N) is 4. The third-order valence-electron chi connectivity index (χ3n) is 5.83. The Morgan fingerprint density at radius 3 is 2.44 bits per heavy atom. The summed E-state index contributed by atoms with van der Waals surface area (Å²) in [6.07, 6.45) is -1.63. The summed E-state index contributed by atoms with van der Waals surface area (Å²) in [6, 6.07) is 15.5. The first-order valence-corrected chi connectivity index (χ1v) is 11.2. The molecule has 1 N–H and O–H groups in total. The van der Waals surface area contributed by atoms with Gasteiger partial charge in [-0.3, -0.25) is 0 Å². The van der Waals surface area contributed by atoms with Gasteiger partial charge in [-0.05, 0) is 57.1 Å². The Morgan fingerprint density at radius 1 is 1.00 bits per heavy atom. The maximum atomic E-state index is 12.7. The van der Waals surface area contributed by atoms with E-state index in [1.54, 1.807) is 12.1 Å². The smallest absolute Gasteiger partial charge is 0.370 e.